The standard InChI is InChI=1S/C12H24N2O2/c1-4-16-12(15)11-7-5-6-8-14(11)10-9-13(2)3/h11H,4-10H2,1-3H3. The Morgan fingerprint density at radius 1 is 1.44 bits per heavy atom. The van der Waals surface area contributed by atoms with Crippen LogP contribution in [0.4, 0.5) is 0 Å². The molecule has 0 amide bonds. The van der Waals surface area contributed by atoms with Gasteiger partial charge in [0.2, 0.25) is 0 Å². The summed E-state index contributed by atoms with van der Waals surface area (Å²) in [6, 6.07) is -0.00588. The molecule has 16 heavy (non-hydrogen) atoms. The van der Waals surface area contributed by atoms with Gasteiger partial charge < -0.3 is 9.64 Å². The molecule has 1 saturated heterocycles. The van der Waals surface area contributed by atoms with Gasteiger partial charge in [0.15, 0.2) is 0 Å². The van der Waals surface area contributed by atoms with E-state index in [1.807, 2.05) is 6.92 Å². The van der Waals surface area contributed by atoms with Crippen molar-refractivity contribution in [2.45, 2.75) is 32.2 Å². The Balaban J connectivity index is 2.46. The van der Waals surface area contributed by atoms with E-state index in [0.29, 0.717) is 6.61 Å². The van der Waals surface area contributed by atoms with E-state index in [0.717, 1.165) is 32.5 Å². The van der Waals surface area contributed by atoms with Crippen molar-refractivity contribution in [1.29, 1.82) is 0 Å². The minimum atomic E-state index is -0.0408. The van der Waals surface area contributed by atoms with Crippen LogP contribution in [0.1, 0.15) is 26.2 Å². The highest BCUT2D eigenvalue weighted by Gasteiger charge is 2.29. The molecule has 1 atom stereocenters. The first kappa shape index (κ1) is 13.5. The number of carbonyl (C=O) groups is 1. The van der Waals surface area contributed by atoms with Crippen LogP contribution in [0.15, 0.2) is 0 Å². The van der Waals surface area contributed by atoms with Crippen molar-refractivity contribution < 1.29 is 9.53 Å². The van der Waals surface area contributed by atoms with Crippen LogP contribution in [-0.2, 0) is 9.53 Å². The number of likely N-dealkylation sites (tertiary alicyclic amines) is 1. The maximum atomic E-state index is 11.8. The summed E-state index contributed by atoms with van der Waals surface area (Å²) in [5.74, 6) is -0.0408. The van der Waals surface area contributed by atoms with E-state index in [1.54, 1.807) is 0 Å². The third-order valence-corrected chi connectivity index (χ3v) is 3.01. The lowest BCUT2D eigenvalue weighted by atomic mass is 10.0. The highest BCUT2D eigenvalue weighted by molar-refractivity contribution is 5.75. The third kappa shape index (κ3) is 4.10. The summed E-state index contributed by atoms with van der Waals surface area (Å²) in [4.78, 5) is 16.2. The number of rotatable bonds is 5. The fourth-order valence-electron chi connectivity index (χ4n) is 2.09. The Morgan fingerprint density at radius 2 is 2.19 bits per heavy atom. The molecule has 4 nitrogen and oxygen atoms in total. The van der Waals surface area contributed by atoms with E-state index in [2.05, 4.69) is 23.9 Å². The molecule has 0 radical (unpaired) electrons. The normalized spacial score (nSPS) is 22.4. The van der Waals surface area contributed by atoms with Crippen molar-refractivity contribution in [2.75, 3.05) is 40.3 Å². The molecular formula is C12H24N2O2. The minimum absolute atomic E-state index is 0.00588. The molecule has 1 heterocycles. The number of hydrogen-bond acceptors (Lipinski definition) is 4. The van der Waals surface area contributed by atoms with E-state index >= 15 is 0 Å². The van der Waals surface area contributed by atoms with Crippen molar-refractivity contribution >= 4 is 5.97 Å². The molecule has 1 aliphatic rings. The van der Waals surface area contributed by atoms with Crippen LogP contribution in [0.2, 0.25) is 0 Å². The molecule has 0 N–H and O–H groups in total. The van der Waals surface area contributed by atoms with Gasteiger partial charge in [-0.25, -0.2) is 0 Å². The Kier molecular flexibility index (Phi) is 5.77. The molecule has 1 rings (SSSR count). The molecule has 94 valence electrons. The van der Waals surface area contributed by atoms with Gasteiger partial charge in [-0.1, -0.05) is 6.42 Å². The zero-order valence-corrected chi connectivity index (χ0v) is 10.7. The minimum Gasteiger partial charge on any atom is -0.465 e. The number of likely N-dealkylation sites (N-methyl/N-ethyl adjacent to an activating group) is 1. The number of ether oxygens (including phenoxy) is 1. The van der Waals surface area contributed by atoms with Crippen LogP contribution < -0.4 is 0 Å². The van der Waals surface area contributed by atoms with Gasteiger partial charge in [-0.15, -0.1) is 0 Å². The van der Waals surface area contributed by atoms with Crippen molar-refractivity contribution in [3.63, 3.8) is 0 Å². The summed E-state index contributed by atoms with van der Waals surface area (Å²) in [6.45, 7) is 5.32. The summed E-state index contributed by atoms with van der Waals surface area (Å²) >= 11 is 0. The molecule has 1 aliphatic heterocycles. The molecule has 1 fully saturated rings. The highest BCUT2D eigenvalue weighted by atomic mass is 16.5. The smallest absolute Gasteiger partial charge is 0.323 e. The second kappa shape index (κ2) is 6.86. The largest absolute Gasteiger partial charge is 0.465 e. The average Bonchev–Trinajstić information content (AvgIpc) is 2.27. The highest BCUT2D eigenvalue weighted by Crippen LogP contribution is 2.17. The Hall–Kier alpha value is -0.610. The molecule has 0 aromatic carbocycles. The van der Waals surface area contributed by atoms with Crippen molar-refractivity contribution in [1.82, 2.24) is 9.80 Å². The lowest BCUT2D eigenvalue weighted by molar-refractivity contribution is -0.150. The van der Waals surface area contributed by atoms with Crippen molar-refractivity contribution in [3.8, 4) is 0 Å². The molecule has 4 heteroatoms. The van der Waals surface area contributed by atoms with Crippen molar-refractivity contribution in [3.05, 3.63) is 0 Å². The number of hydrogen-bond donors (Lipinski definition) is 0. The molecule has 0 aromatic rings. The van der Waals surface area contributed by atoms with Gasteiger partial charge in [-0.3, -0.25) is 9.69 Å². The Morgan fingerprint density at radius 3 is 2.81 bits per heavy atom. The topological polar surface area (TPSA) is 32.8 Å². The van der Waals surface area contributed by atoms with Gasteiger partial charge in [0.1, 0.15) is 6.04 Å². The molecule has 0 spiro atoms. The van der Waals surface area contributed by atoms with Crippen LogP contribution in [0.5, 0.6) is 0 Å². The fraction of sp³-hybridized carbons (Fsp3) is 0.917. The SMILES string of the molecule is CCOC(=O)C1CCCCN1CCN(C)C. The van der Waals surface area contributed by atoms with Gasteiger partial charge >= 0.3 is 5.97 Å². The van der Waals surface area contributed by atoms with Gasteiger partial charge in [0, 0.05) is 13.1 Å². The third-order valence-electron chi connectivity index (χ3n) is 3.01. The molecule has 0 saturated carbocycles. The summed E-state index contributed by atoms with van der Waals surface area (Å²) in [7, 11) is 4.12. The van der Waals surface area contributed by atoms with Gasteiger partial charge in [-0.2, -0.15) is 0 Å². The summed E-state index contributed by atoms with van der Waals surface area (Å²) in [5.41, 5.74) is 0. The second-order valence-electron chi connectivity index (χ2n) is 4.60. The Bertz CT molecular complexity index is 219. The first-order valence-electron chi connectivity index (χ1n) is 6.20. The lowest BCUT2D eigenvalue weighted by Gasteiger charge is -2.34. The van der Waals surface area contributed by atoms with Gasteiger partial charge in [0.05, 0.1) is 6.61 Å². The van der Waals surface area contributed by atoms with Gasteiger partial charge in [0.25, 0.3) is 0 Å². The molecule has 1 unspecified atom stereocenters. The van der Waals surface area contributed by atoms with Gasteiger partial charge in [-0.05, 0) is 40.4 Å². The fourth-order valence-corrected chi connectivity index (χ4v) is 2.09. The van der Waals surface area contributed by atoms with E-state index in [9.17, 15) is 4.79 Å². The summed E-state index contributed by atoms with van der Waals surface area (Å²) in [6.07, 6.45) is 3.29. The molecule has 0 aromatic heterocycles. The first-order chi connectivity index (χ1) is 7.65. The van der Waals surface area contributed by atoms with Crippen LogP contribution in [0.3, 0.4) is 0 Å². The maximum Gasteiger partial charge on any atom is 0.323 e. The van der Waals surface area contributed by atoms with E-state index in [4.69, 9.17) is 4.74 Å². The molecule has 0 aliphatic carbocycles. The summed E-state index contributed by atoms with van der Waals surface area (Å²) < 4.78 is 5.12. The predicted octanol–water partition coefficient (Wildman–Crippen LogP) is 0.966. The average molecular weight is 228 g/mol. The first-order valence-corrected chi connectivity index (χ1v) is 6.20. The predicted molar refractivity (Wildman–Crippen MR) is 64.4 cm³/mol. The van der Waals surface area contributed by atoms with Crippen LogP contribution in [0.25, 0.3) is 0 Å². The Labute approximate surface area is 98.5 Å². The zero-order valence-electron chi connectivity index (χ0n) is 10.7. The number of piperidine rings is 1. The van der Waals surface area contributed by atoms with E-state index in [1.165, 1.54) is 6.42 Å². The lowest BCUT2D eigenvalue weighted by Crippen LogP contribution is -2.47. The number of esters is 1. The van der Waals surface area contributed by atoms with Crippen LogP contribution in [-0.4, -0.2) is 62.1 Å². The van der Waals surface area contributed by atoms with Crippen LogP contribution in [0, 0.1) is 0 Å². The number of nitrogens with zero attached hydrogens (tertiary/aromatic N) is 2. The summed E-state index contributed by atoms with van der Waals surface area (Å²) in [5, 5.41) is 0. The van der Waals surface area contributed by atoms with E-state index in [-0.39, 0.29) is 12.0 Å². The van der Waals surface area contributed by atoms with Crippen LogP contribution >= 0.6 is 0 Å². The molecule has 0 bridgehead atoms. The monoisotopic (exact) mass is 228 g/mol. The quantitative estimate of drug-likeness (QED) is 0.656. The second-order valence-corrected chi connectivity index (χ2v) is 4.60. The van der Waals surface area contributed by atoms with Crippen molar-refractivity contribution in [2.24, 2.45) is 0 Å². The zero-order chi connectivity index (χ0) is 12.0. The maximum absolute atomic E-state index is 11.8. The molecular weight excluding hydrogens is 204 g/mol. The van der Waals surface area contributed by atoms with E-state index < -0.39 is 0 Å². The number of carbonyl (C=O) groups excluding carboxylic acids is 1.